The van der Waals surface area contributed by atoms with E-state index in [4.69, 9.17) is 5.73 Å². The summed E-state index contributed by atoms with van der Waals surface area (Å²) in [6.45, 7) is 0. The molecular weight excluding hydrogens is 336 g/mol. The highest BCUT2D eigenvalue weighted by molar-refractivity contribution is 7.22. The molecule has 7 nitrogen and oxygen atoms in total. The third-order valence-corrected chi connectivity index (χ3v) is 4.65. The van der Waals surface area contributed by atoms with Crippen molar-refractivity contribution in [2.24, 2.45) is 7.05 Å². The minimum Gasteiger partial charge on any atom is -0.398 e. The van der Waals surface area contributed by atoms with Crippen LogP contribution in [-0.4, -0.2) is 25.7 Å². The van der Waals surface area contributed by atoms with E-state index in [9.17, 15) is 4.79 Å². The van der Waals surface area contributed by atoms with E-state index in [-0.39, 0.29) is 5.91 Å². The number of hydrogen-bond acceptors (Lipinski definition) is 6. The molecular formula is C17H14N6OS. The van der Waals surface area contributed by atoms with Gasteiger partial charge in [-0.25, -0.2) is 9.97 Å². The first-order chi connectivity index (χ1) is 12.1. The van der Waals surface area contributed by atoms with Gasteiger partial charge in [-0.2, -0.15) is 5.10 Å². The summed E-state index contributed by atoms with van der Waals surface area (Å²) in [5.41, 5.74) is 9.53. The van der Waals surface area contributed by atoms with Gasteiger partial charge in [-0.15, -0.1) is 0 Å². The van der Waals surface area contributed by atoms with E-state index in [1.165, 1.54) is 16.0 Å². The maximum atomic E-state index is 12.3. The molecule has 0 fully saturated rings. The average Bonchev–Trinajstić information content (AvgIpc) is 3.20. The highest BCUT2D eigenvalue weighted by Crippen LogP contribution is 2.29. The van der Waals surface area contributed by atoms with E-state index >= 15 is 0 Å². The summed E-state index contributed by atoms with van der Waals surface area (Å²) < 4.78 is 1.51. The van der Waals surface area contributed by atoms with Crippen molar-refractivity contribution in [2.45, 2.75) is 0 Å². The average molecular weight is 350 g/mol. The number of aromatic nitrogens is 4. The molecule has 3 heterocycles. The Hall–Kier alpha value is -3.26. The maximum Gasteiger partial charge on any atom is 0.275 e. The molecule has 124 valence electrons. The standard InChI is InChI=1S/C17H14N6OS/c1-23-14(8-9-19-23)15(24)22-17-21-13-7-6-12(20-16(13)25-17)10-4-2-3-5-11(10)18/h2-9H,18H2,1H3,(H,21,22,24). The van der Waals surface area contributed by atoms with E-state index < -0.39 is 0 Å². The van der Waals surface area contributed by atoms with Crippen molar-refractivity contribution in [3.8, 4) is 11.3 Å². The van der Waals surface area contributed by atoms with Crippen LogP contribution in [0.25, 0.3) is 21.6 Å². The van der Waals surface area contributed by atoms with Crippen LogP contribution in [0.4, 0.5) is 10.8 Å². The van der Waals surface area contributed by atoms with Crippen LogP contribution in [0.15, 0.2) is 48.7 Å². The van der Waals surface area contributed by atoms with Gasteiger partial charge in [0.2, 0.25) is 0 Å². The Kier molecular flexibility index (Phi) is 3.66. The first kappa shape index (κ1) is 15.3. The summed E-state index contributed by atoms with van der Waals surface area (Å²) in [6.07, 6.45) is 1.57. The Morgan fingerprint density at radius 1 is 1.16 bits per heavy atom. The molecule has 0 aliphatic carbocycles. The third-order valence-electron chi connectivity index (χ3n) is 3.77. The van der Waals surface area contributed by atoms with Crippen LogP contribution in [-0.2, 0) is 7.05 Å². The number of nitrogens with one attached hydrogen (secondary N) is 1. The van der Waals surface area contributed by atoms with Gasteiger partial charge in [-0.1, -0.05) is 29.5 Å². The second kappa shape index (κ2) is 5.99. The smallest absolute Gasteiger partial charge is 0.275 e. The number of benzene rings is 1. The van der Waals surface area contributed by atoms with Crippen molar-refractivity contribution < 1.29 is 4.79 Å². The number of para-hydroxylation sites is 1. The fourth-order valence-corrected chi connectivity index (χ4v) is 3.34. The van der Waals surface area contributed by atoms with Crippen molar-refractivity contribution in [3.05, 3.63) is 54.4 Å². The van der Waals surface area contributed by atoms with Crippen molar-refractivity contribution in [1.29, 1.82) is 0 Å². The van der Waals surface area contributed by atoms with Gasteiger partial charge in [0.1, 0.15) is 16.0 Å². The van der Waals surface area contributed by atoms with Crippen LogP contribution in [0.1, 0.15) is 10.5 Å². The van der Waals surface area contributed by atoms with Crippen molar-refractivity contribution >= 4 is 38.4 Å². The van der Waals surface area contributed by atoms with E-state index in [0.29, 0.717) is 16.5 Å². The molecule has 0 bridgehead atoms. The van der Waals surface area contributed by atoms with E-state index in [1.54, 1.807) is 19.3 Å². The van der Waals surface area contributed by atoms with Crippen LogP contribution in [0, 0.1) is 0 Å². The molecule has 0 radical (unpaired) electrons. The van der Waals surface area contributed by atoms with E-state index in [1.807, 2.05) is 36.4 Å². The molecule has 1 aromatic carbocycles. The Morgan fingerprint density at radius 3 is 2.76 bits per heavy atom. The van der Waals surface area contributed by atoms with Crippen molar-refractivity contribution in [1.82, 2.24) is 19.7 Å². The van der Waals surface area contributed by atoms with Gasteiger partial charge < -0.3 is 5.73 Å². The molecule has 0 spiro atoms. The number of thiazole rings is 1. The Bertz CT molecular complexity index is 1080. The van der Waals surface area contributed by atoms with Crippen LogP contribution in [0.3, 0.4) is 0 Å². The lowest BCUT2D eigenvalue weighted by molar-refractivity contribution is 0.101. The maximum absolute atomic E-state index is 12.3. The predicted octanol–water partition coefficient (Wildman–Crippen LogP) is 2.93. The minimum atomic E-state index is -0.258. The second-order valence-corrected chi connectivity index (χ2v) is 6.40. The van der Waals surface area contributed by atoms with Gasteiger partial charge in [0, 0.05) is 24.5 Å². The van der Waals surface area contributed by atoms with Gasteiger partial charge >= 0.3 is 0 Å². The molecule has 25 heavy (non-hydrogen) atoms. The summed E-state index contributed by atoms with van der Waals surface area (Å²) in [6, 6.07) is 13.0. The molecule has 3 N–H and O–H groups in total. The topological polar surface area (TPSA) is 98.7 Å². The van der Waals surface area contributed by atoms with Crippen molar-refractivity contribution in [2.75, 3.05) is 11.1 Å². The fourth-order valence-electron chi connectivity index (χ4n) is 2.51. The number of fused-ring (bicyclic) bond motifs is 1. The molecule has 0 atom stereocenters. The molecule has 3 aromatic heterocycles. The van der Waals surface area contributed by atoms with Gasteiger partial charge in [-0.3, -0.25) is 14.8 Å². The first-order valence-electron chi connectivity index (χ1n) is 7.53. The zero-order valence-electron chi connectivity index (χ0n) is 13.3. The minimum absolute atomic E-state index is 0.258. The van der Waals surface area contributed by atoms with Crippen LogP contribution >= 0.6 is 11.3 Å². The summed E-state index contributed by atoms with van der Waals surface area (Å²) >= 11 is 1.32. The zero-order chi connectivity index (χ0) is 17.4. The summed E-state index contributed by atoms with van der Waals surface area (Å²) in [5.74, 6) is -0.258. The molecule has 4 rings (SSSR count). The molecule has 4 aromatic rings. The SMILES string of the molecule is Cn1nccc1C(=O)Nc1nc2ccc(-c3ccccc3N)nc2s1. The fraction of sp³-hybridized carbons (Fsp3) is 0.0588. The Labute approximate surface area is 147 Å². The van der Waals surface area contributed by atoms with Crippen molar-refractivity contribution in [3.63, 3.8) is 0 Å². The lowest BCUT2D eigenvalue weighted by atomic mass is 10.1. The second-order valence-electron chi connectivity index (χ2n) is 5.42. The number of amides is 1. The number of pyridine rings is 1. The molecule has 8 heteroatoms. The zero-order valence-corrected chi connectivity index (χ0v) is 14.1. The summed E-state index contributed by atoms with van der Waals surface area (Å²) in [4.78, 5) is 22.0. The lowest BCUT2D eigenvalue weighted by Gasteiger charge is -2.03. The summed E-state index contributed by atoms with van der Waals surface area (Å²) in [7, 11) is 1.71. The Balaban J connectivity index is 1.66. The molecule has 0 saturated heterocycles. The van der Waals surface area contributed by atoms with Gasteiger partial charge in [0.15, 0.2) is 5.13 Å². The molecule has 0 saturated carbocycles. The van der Waals surface area contributed by atoms with E-state index in [2.05, 4.69) is 20.4 Å². The van der Waals surface area contributed by atoms with Crippen LogP contribution < -0.4 is 11.1 Å². The highest BCUT2D eigenvalue weighted by atomic mass is 32.1. The summed E-state index contributed by atoms with van der Waals surface area (Å²) in [5, 5.41) is 7.27. The number of anilines is 2. The van der Waals surface area contributed by atoms with E-state index in [0.717, 1.165) is 21.6 Å². The monoisotopic (exact) mass is 350 g/mol. The quantitative estimate of drug-likeness (QED) is 0.554. The molecule has 0 aliphatic rings. The van der Waals surface area contributed by atoms with Gasteiger partial charge in [-0.05, 0) is 24.3 Å². The van der Waals surface area contributed by atoms with Crippen LogP contribution in [0.5, 0.6) is 0 Å². The first-order valence-corrected chi connectivity index (χ1v) is 8.35. The number of aryl methyl sites for hydroxylation is 1. The molecule has 1 amide bonds. The van der Waals surface area contributed by atoms with Gasteiger partial charge in [0.05, 0.1) is 5.69 Å². The van der Waals surface area contributed by atoms with Crippen LogP contribution in [0.2, 0.25) is 0 Å². The molecule has 0 aliphatic heterocycles. The number of carbonyl (C=O) groups excluding carboxylic acids is 1. The third kappa shape index (κ3) is 2.83. The lowest BCUT2D eigenvalue weighted by Crippen LogP contribution is -2.15. The number of nitrogens with two attached hydrogens (primary N) is 1. The normalized spacial score (nSPS) is 10.9. The number of nitrogens with zero attached hydrogens (tertiary/aromatic N) is 4. The molecule has 0 unspecified atom stereocenters. The largest absolute Gasteiger partial charge is 0.398 e. The Morgan fingerprint density at radius 2 is 2.00 bits per heavy atom. The van der Waals surface area contributed by atoms with Gasteiger partial charge in [0.25, 0.3) is 5.91 Å². The number of carbonyl (C=O) groups is 1. The highest BCUT2D eigenvalue weighted by Gasteiger charge is 2.14. The number of hydrogen-bond donors (Lipinski definition) is 2. The predicted molar refractivity (Wildman–Crippen MR) is 98.4 cm³/mol. The number of nitrogen functional groups attached to an aromatic ring is 1. The number of rotatable bonds is 3.